The number of Topliss-reactive ketones (excluding diaryl/α,β-unsaturated/α-hetero) is 1. The van der Waals surface area contributed by atoms with E-state index < -0.39 is 0 Å². The molecule has 88 valence electrons. The molecule has 1 N–H and O–H groups in total. The first kappa shape index (κ1) is 12.6. The fourth-order valence-corrected chi connectivity index (χ4v) is 1.44. The standard InChI is InChI=1S/C12H19N3O/c1-8(2)10(11(16)9(3)4)15-12-13-6-5-7-14-12/h5-10H,1-4H3,(H,13,14,15). The molecular weight excluding hydrogens is 202 g/mol. The van der Waals surface area contributed by atoms with Gasteiger partial charge in [0.05, 0.1) is 6.04 Å². The molecule has 0 saturated carbocycles. The van der Waals surface area contributed by atoms with Gasteiger partial charge in [-0.3, -0.25) is 4.79 Å². The Kier molecular flexibility index (Phi) is 4.40. The Morgan fingerprint density at radius 3 is 2.19 bits per heavy atom. The molecule has 0 aliphatic rings. The van der Waals surface area contributed by atoms with Gasteiger partial charge in [-0.25, -0.2) is 9.97 Å². The minimum absolute atomic E-state index is 0.0172. The van der Waals surface area contributed by atoms with Crippen molar-refractivity contribution in [3.05, 3.63) is 18.5 Å². The fourth-order valence-electron chi connectivity index (χ4n) is 1.44. The van der Waals surface area contributed by atoms with Gasteiger partial charge in [0.2, 0.25) is 5.95 Å². The number of hydrogen-bond donors (Lipinski definition) is 1. The van der Waals surface area contributed by atoms with E-state index in [9.17, 15) is 4.79 Å². The summed E-state index contributed by atoms with van der Waals surface area (Å²) in [5.74, 6) is 0.944. The van der Waals surface area contributed by atoms with Crippen molar-refractivity contribution in [3.63, 3.8) is 0 Å². The van der Waals surface area contributed by atoms with Crippen molar-refractivity contribution in [2.24, 2.45) is 11.8 Å². The highest BCUT2D eigenvalue weighted by atomic mass is 16.1. The quantitative estimate of drug-likeness (QED) is 0.827. The lowest BCUT2D eigenvalue weighted by atomic mass is 9.93. The number of nitrogens with one attached hydrogen (secondary N) is 1. The second-order valence-corrected chi connectivity index (χ2v) is 4.50. The minimum atomic E-state index is -0.220. The summed E-state index contributed by atoms with van der Waals surface area (Å²) >= 11 is 0. The lowest BCUT2D eigenvalue weighted by Gasteiger charge is -2.22. The van der Waals surface area contributed by atoms with E-state index >= 15 is 0 Å². The lowest BCUT2D eigenvalue weighted by molar-refractivity contribution is -0.123. The molecule has 0 radical (unpaired) electrons. The molecule has 0 amide bonds. The van der Waals surface area contributed by atoms with E-state index in [-0.39, 0.29) is 23.7 Å². The van der Waals surface area contributed by atoms with Crippen LogP contribution in [0.15, 0.2) is 18.5 Å². The summed E-state index contributed by atoms with van der Waals surface area (Å²) in [4.78, 5) is 20.1. The second-order valence-electron chi connectivity index (χ2n) is 4.50. The summed E-state index contributed by atoms with van der Waals surface area (Å²) in [6.45, 7) is 7.85. The SMILES string of the molecule is CC(C)C(=O)C(Nc1ncccn1)C(C)C. The molecule has 1 aromatic rings. The van der Waals surface area contributed by atoms with Gasteiger partial charge >= 0.3 is 0 Å². The molecule has 1 heterocycles. The highest BCUT2D eigenvalue weighted by Crippen LogP contribution is 2.13. The lowest BCUT2D eigenvalue weighted by Crippen LogP contribution is -2.37. The number of carbonyl (C=O) groups is 1. The van der Waals surface area contributed by atoms with E-state index in [0.29, 0.717) is 5.95 Å². The molecule has 0 aromatic carbocycles. The first-order chi connectivity index (χ1) is 7.52. The van der Waals surface area contributed by atoms with Crippen molar-refractivity contribution < 1.29 is 4.79 Å². The van der Waals surface area contributed by atoms with Crippen molar-refractivity contribution in [2.45, 2.75) is 33.7 Å². The number of aromatic nitrogens is 2. The molecule has 1 rings (SSSR count). The molecule has 1 unspecified atom stereocenters. The van der Waals surface area contributed by atoms with Gasteiger partial charge in [0, 0.05) is 18.3 Å². The molecule has 16 heavy (non-hydrogen) atoms. The van der Waals surface area contributed by atoms with Crippen LogP contribution >= 0.6 is 0 Å². The van der Waals surface area contributed by atoms with E-state index in [1.54, 1.807) is 18.5 Å². The van der Waals surface area contributed by atoms with Crippen LogP contribution in [-0.2, 0) is 4.79 Å². The second kappa shape index (κ2) is 5.58. The molecule has 0 aliphatic heterocycles. The first-order valence-electron chi connectivity index (χ1n) is 5.59. The summed E-state index contributed by atoms with van der Waals surface area (Å²) in [6, 6.07) is 1.53. The van der Waals surface area contributed by atoms with Crippen LogP contribution in [0.5, 0.6) is 0 Å². The van der Waals surface area contributed by atoms with Crippen molar-refractivity contribution in [3.8, 4) is 0 Å². The van der Waals surface area contributed by atoms with E-state index in [2.05, 4.69) is 15.3 Å². The number of nitrogens with zero attached hydrogens (tertiary/aromatic N) is 2. The summed E-state index contributed by atoms with van der Waals surface area (Å²) in [6.07, 6.45) is 3.32. The van der Waals surface area contributed by atoms with E-state index in [0.717, 1.165) is 0 Å². The molecule has 4 nitrogen and oxygen atoms in total. The van der Waals surface area contributed by atoms with Crippen LogP contribution in [0.3, 0.4) is 0 Å². The van der Waals surface area contributed by atoms with Crippen molar-refractivity contribution in [2.75, 3.05) is 5.32 Å². The molecule has 0 spiro atoms. The molecule has 1 atom stereocenters. The van der Waals surface area contributed by atoms with Crippen molar-refractivity contribution >= 4 is 11.7 Å². The number of rotatable bonds is 5. The molecule has 1 aromatic heterocycles. The Labute approximate surface area is 96.5 Å². The Morgan fingerprint density at radius 2 is 1.75 bits per heavy atom. The Hall–Kier alpha value is -1.45. The van der Waals surface area contributed by atoms with Gasteiger partial charge in [-0.05, 0) is 12.0 Å². The van der Waals surface area contributed by atoms with Crippen molar-refractivity contribution in [1.29, 1.82) is 0 Å². The van der Waals surface area contributed by atoms with Crippen LogP contribution in [0, 0.1) is 11.8 Å². The highest BCUT2D eigenvalue weighted by Gasteiger charge is 2.24. The average molecular weight is 221 g/mol. The van der Waals surface area contributed by atoms with Gasteiger partial charge in [0.15, 0.2) is 5.78 Å². The third kappa shape index (κ3) is 3.29. The molecular formula is C12H19N3O. The van der Waals surface area contributed by atoms with Gasteiger partial charge < -0.3 is 5.32 Å². The number of ketones is 1. The molecule has 0 aliphatic carbocycles. The van der Waals surface area contributed by atoms with Gasteiger partial charge in [-0.2, -0.15) is 0 Å². The largest absolute Gasteiger partial charge is 0.344 e. The molecule has 0 bridgehead atoms. The summed E-state index contributed by atoms with van der Waals surface area (Å²) in [5.41, 5.74) is 0. The van der Waals surface area contributed by atoms with Crippen LogP contribution in [0.2, 0.25) is 0 Å². The topological polar surface area (TPSA) is 54.9 Å². The molecule has 4 heteroatoms. The minimum Gasteiger partial charge on any atom is -0.344 e. The third-order valence-corrected chi connectivity index (χ3v) is 2.39. The van der Waals surface area contributed by atoms with Gasteiger partial charge in [-0.1, -0.05) is 27.7 Å². The van der Waals surface area contributed by atoms with Gasteiger partial charge in [0.25, 0.3) is 0 Å². The average Bonchev–Trinajstić information content (AvgIpc) is 2.26. The maximum absolute atomic E-state index is 12.0. The normalized spacial score (nSPS) is 12.9. The van der Waals surface area contributed by atoms with Gasteiger partial charge in [0.1, 0.15) is 0 Å². The van der Waals surface area contributed by atoms with Crippen LogP contribution in [0.4, 0.5) is 5.95 Å². The van der Waals surface area contributed by atoms with E-state index in [4.69, 9.17) is 0 Å². The van der Waals surface area contributed by atoms with Crippen LogP contribution in [0.1, 0.15) is 27.7 Å². The Balaban J connectivity index is 2.77. The Morgan fingerprint density at radius 1 is 1.19 bits per heavy atom. The highest BCUT2D eigenvalue weighted by molar-refractivity contribution is 5.88. The monoisotopic (exact) mass is 221 g/mol. The van der Waals surface area contributed by atoms with Crippen LogP contribution < -0.4 is 5.32 Å². The number of carbonyl (C=O) groups excluding carboxylic acids is 1. The summed E-state index contributed by atoms with van der Waals surface area (Å²) < 4.78 is 0. The predicted molar refractivity (Wildman–Crippen MR) is 64.1 cm³/mol. The zero-order valence-electron chi connectivity index (χ0n) is 10.3. The summed E-state index contributed by atoms with van der Waals surface area (Å²) in [5, 5.41) is 3.09. The maximum Gasteiger partial charge on any atom is 0.223 e. The smallest absolute Gasteiger partial charge is 0.223 e. The van der Waals surface area contributed by atoms with Crippen molar-refractivity contribution in [1.82, 2.24) is 9.97 Å². The summed E-state index contributed by atoms with van der Waals surface area (Å²) in [7, 11) is 0. The zero-order chi connectivity index (χ0) is 12.1. The van der Waals surface area contributed by atoms with Gasteiger partial charge in [-0.15, -0.1) is 0 Å². The predicted octanol–water partition coefficient (Wildman–Crippen LogP) is 2.14. The van der Waals surface area contributed by atoms with E-state index in [1.165, 1.54) is 0 Å². The number of anilines is 1. The first-order valence-corrected chi connectivity index (χ1v) is 5.59. The third-order valence-electron chi connectivity index (χ3n) is 2.39. The van der Waals surface area contributed by atoms with E-state index in [1.807, 2.05) is 27.7 Å². The van der Waals surface area contributed by atoms with Crippen LogP contribution in [-0.4, -0.2) is 21.8 Å². The number of hydrogen-bond acceptors (Lipinski definition) is 4. The molecule has 0 fully saturated rings. The molecule has 0 saturated heterocycles. The Bertz CT molecular complexity index is 335. The zero-order valence-corrected chi connectivity index (χ0v) is 10.3. The fraction of sp³-hybridized carbons (Fsp3) is 0.583. The van der Waals surface area contributed by atoms with Crippen LogP contribution in [0.25, 0.3) is 0 Å². The maximum atomic E-state index is 12.0.